The van der Waals surface area contributed by atoms with Gasteiger partial charge < -0.3 is 14.8 Å². The summed E-state index contributed by atoms with van der Waals surface area (Å²) in [7, 11) is 0. The number of fused-ring (bicyclic) bond motifs is 2. The average molecular weight is 479 g/mol. The number of hydrogen-bond donors (Lipinski definition) is 1. The smallest absolute Gasteiger partial charge is 0.433 e. The van der Waals surface area contributed by atoms with Crippen LogP contribution in [0.5, 0.6) is 11.5 Å². The molecule has 2 aromatic heterocycles. The third-order valence-electron chi connectivity index (χ3n) is 4.81. The number of nitrogens with zero attached hydrogens (tertiary/aromatic N) is 3. The molecule has 0 radical (unpaired) electrons. The number of aromatic nitrogens is 3. The van der Waals surface area contributed by atoms with Gasteiger partial charge in [0.1, 0.15) is 10.8 Å². The van der Waals surface area contributed by atoms with E-state index in [9.17, 15) is 22.4 Å². The number of carbonyl (C=O) groups is 1. The molecular formula is C21H11ClF4N4O3. The van der Waals surface area contributed by atoms with Crippen molar-refractivity contribution in [2.45, 2.75) is 6.18 Å². The lowest BCUT2D eigenvalue weighted by Crippen LogP contribution is -2.15. The number of rotatable bonds is 3. The van der Waals surface area contributed by atoms with E-state index in [1.807, 2.05) is 0 Å². The van der Waals surface area contributed by atoms with Crippen molar-refractivity contribution in [1.29, 1.82) is 0 Å². The normalized spacial score (nSPS) is 12.9. The molecule has 168 valence electrons. The van der Waals surface area contributed by atoms with E-state index in [1.165, 1.54) is 24.3 Å². The van der Waals surface area contributed by atoms with Crippen LogP contribution < -0.4 is 14.8 Å². The van der Waals surface area contributed by atoms with Crippen molar-refractivity contribution in [1.82, 2.24) is 14.6 Å². The Bertz CT molecular complexity index is 1400. The molecule has 0 unspecified atom stereocenters. The molecule has 0 fully saturated rings. The van der Waals surface area contributed by atoms with Crippen molar-refractivity contribution in [3.8, 4) is 22.8 Å². The molecule has 1 N–H and O–H groups in total. The maximum absolute atomic E-state index is 13.8. The zero-order chi connectivity index (χ0) is 23.3. The lowest BCUT2D eigenvalue weighted by Gasteiger charge is -2.11. The molecule has 3 heterocycles. The van der Waals surface area contributed by atoms with E-state index < -0.39 is 29.3 Å². The summed E-state index contributed by atoms with van der Waals surface area (Å²) in [6.07, 6.45) is -4.84. The highest BCUT2D eigenvalue weighted by Crippen LogP contribution is 2.36. The highest BCUT2D eigenvalue weighted by molar-refractivity contribution is 6.37. The van der Waals surface area contributed by atoms with Crippen LogP contribution in [0.1, 0.15) is 16.2 Å². The standard InChI is InChI=1S/C21H11ClF4N4O3/c22-17-18(20(31)27-12-5-6-14-15(7-12)33-9-32-14)29-30-16(21(24,25)26)8-13(28-19(17)30)10-1-3-11(23)4-2-10/h1-8H,9H2,(H,27,31). The van der Waals surface area contributed by atoms with E-state index >= 15 is 0 Å². The molecule has 0 saturated heterocycles. The summed E-state index contributed by atoms with van der Waals surface area (Å²) in [6, 6.07) is 10.1. The van der Waals surface area contributed by atoms with Crippen molar-refractivity contribution in [3.63, 3.8) is 0 Å². The minimum absolute atomic E-state index is 0.0350. The lowest BCUT2D eigenvalue weighted by molar-refractivity contribution is -0.142. The first kappa shape index (κ1) is 21.0. The predicted molar refractivity (Wildman–Crippen MR) is 109 cm³/mol. The fourth-order valence-corrected chi connectivity index (χ4v) is 3.52. The van der Waals surface area contributed by atoms with Gasteiger partial charge in [-0.1, -0.05) is 11.6 Å². The maximum atomic E-state index is 13.8. The zero-order valence-corrected chi connectivity index (χ0v) is 17.0. The fourth-order valence-electron chi connectivity index (χ4n) is 3.27. The van der Waals surface area contributed by atoms with E-state index in [0.717, 1.165) is 18.2 Å². The van der Waals surface area contributed by atoms with E-state index in [-0.39, 0.29) is 28.7 Å². The first-order chi connectivity index (χ1) is 15.7. The van der Waals surface area contributed by atoms with Crippen molar-refractivity contribution in [2.75, 3.05) is 12.1 Å². The van der Waals surface area contributed by atoms with Crippen LogP contribution in [0.2, 0.25) is 5.02 Å². The first-order valence-corrected chi connectivity index (χ1v) is 9.72. The Morgan fingerprint density at radius 2 is 1.79 bits per heavy atom. The molecule has 0 aliphatic carbocycles. The second kappa shape index (κ2) is 7.62. The quantitative estimate of drug-likeness (QED) is 0.410. The Morgan fingerprint density at radius 1 is 1.06 bits per heavy atom. The average Bonchev–Trinajstić information content (AvgIpc) is 3.37. The zero-order valence-electron chi connectivity index (χ0n) is 16.3. The Labute approximate surface area is 187 Å². The third-order valence-corrected chi connectivity index (χ3v) is 5.16. The molecule has 33 heavy (non-hydrogen) atoms. The lowest BCUT2D eigenvalue weighted by atomic mass is 10.1. The maximum Gasteiger partial charge on any atom is 0.433 e. The summed E-state index contributed by atoms with van der Waals surface area (Å²) in [5.74, 6) is -0.508. The molecule has 5 rings (SSSR count). The largest absolute Gasteiger partial charge is 0.454 e. The van der Waals surface area contributed by atoms with Crippen LogP contribution >= 0.6 is 11.6 Å². The molecule has 0 spiro atoms. The Hall–Kier alpha value is -3.86. The molecule has 0 saturated carbocycles. The summed E-state index contributed by atoms with van der Waals surface area (Å²) in [4.78, 5) is 16.9. The van der Waals surface area contributed by atoms with Gasteiger partial charge >= 0.3 is 6.18 Å². The SMILES string of the molecule is O=C(Nc1ccc2c(c1)OCO2)c1nn2c(C(F)(F)F)cc(-c3ccc(F)cc3)nc2c1Cl. The summed E-state index contributed by atoms with van der Waals surface area (Å²) < 4.78 is 65.5. The molecule has 0 atom stereocenters. The third kappa shape index (κ3) is 3.80. The number of ether oxygens (including phenoxy) is 2. The molecule has 12 heteroatoms. The van der Waals surface area contributed by atoms with Gasteiger partial charge in [-0.15, -0.1) is 0 Å². The Morgan fingerprint density at radius 3 is 2.52 bits per heavy atom. The van der Waals surface area contributed by atoms with Gasteiger partial charge in [-0.2, -0.15) is 18.3 Å². The van der Waals surface area contributed by atoms with Crippen molar-refractivity contribution < 1.29 is 31.8 Å². The van der Waals surface area contributed by atoms with Crippen molar-refractivity contribution in [2.24, 2.45) is 0 Å². The van der Waals surface area contributed by atoms with Crippen molar-refractivity contribution >= 4 is 28.8 Å². The molecule has 7 nitrogen and oxygen atoms in total. The highest BCUT2D eigenvalue weighted by atomic mass is 35.5. The molecule has 4 aromatic rings. The van der Waals surface area contributed by atoms with Gasteiger partial charge in [0.25, 0.3) is 5.91 Å². The number of alkyl halides is 3. The molecule has 2 aromatic carbocycles. The summed E-state index contributed by atoms with van der Waals surface area (Å²) in [5, 5.41) is 5.91. The van der Waals surface area contributed by atoms with Crippen LogP contribution in [-0.4, -0.2) is 27.3 Å². The van der Waals surface area contributed by atoms with E-state index in [1.54, 1.807) is 6.07 Å². The van der Waals surface area contributed by atoms with Gasteiger partial charge in [0, 0.05) is 17.3 Å². The number of halogens is 5. The van der Waals surface area contributed by atoms with Crippen LogP contribution in [0, 0.1) is 5.82 Å². The summed E-state index contributed by atoms with van der Waals surface area (Å²) >= 11 is 6.24. The molecule has 0 bridgehead atoms. The first-order valence-electron chi connectivity index (χ1n) is 9.34. The van der Waals surface area contributed by atoms with Gasteiger partial charge in [0.2, 0.25) is 6.79 Å². The van der Waals surface area contributed by atoms with Gasteiger partial charge in [-0.05, 0) is 42.5 Å². The van der Waals surface area contributed by atoms with Crippen LogP contribution in [0.3, 0.4) is 0 Å². The molecular weight excluding hydrogens is 468 g/mol. The Kier molecular flexibility index (Phi) is 4.85. The second-order valence-corrected chi connectivity index (χ2v) is 7.33. The number of carbonyl (C=O) groups excluding carboxylic acids is 1. The number of benzene rings is 2. The predicted octanol–water partition coefficient (Wildman–Crippen LogP) is 5.19. The van der Waals surface area contributed by atoms with Crippen LogP contribution in [0.4, 0.5) is 23.2 Å². The molecule has 1 aliphatic heterocycles. The van der Waals surface area contributed by atoms with Gasteiger partial charge in [-0.3, -0.25) is 4.79 Å². The minimum atomic E-state index is -4.84. The van der Waals surface area contributed by atoms with Gasteiger partial charge in [0.05, 0.1) is 5.69 Å². The van der Waals surface area contributed by atoms with Crippen LogP contribution in [0.25, 0.3) is 16.9 Å². The minimum Gasteiger partial charge on any atom is -0.454 e. The van der Waals surface area contributed by atoms with Crippen LogP contribution in [-0.2, 0) is 6.18 Å². The number of anilines is 1. The summed E-state index contributed by atoms with van der Waals surface area (Å²) in [6.45, 7) is 0.0350. The van der Waals surface area contributed by atoms with Crippen molar-refractivity contribution in [3.05, 3.63) is 70.8 Å². The highest BCUT2D eigenvalue weighted by Gasteiger charge is 2.36. The Balaban J connectivity index is 1.58. The molecule has 1 amide bonds. The van der Waals surface area contributed by atoms with E-state index in [2.05, 4.69) is 15.4 Å². The number of amides is 1. The monoisotopic (exact) mass is 478 g/mol. The fraction of sp³-hybridized carbons (Fsp3) is 0.0952. The topological polar surface area (TPSA) is 77.8 Å². The summed E-state index contributed by atoms with van der Waals surface area (Å²) in [5.41, 5.74) is -1.61. The molecule has 1 aliphatic rings. The second-order valence-electron chi connectivity index (χ2n) is 6.95. The van der Waals surface area contributed by atoms with E-state index in [0.29, 0.717) is 21.7 Å². The number of nitrogens with one attached hydrogen (secondary N) is 1. The van der Waals surface area contributed by atoms with Gasteiger partial charge in [-0.25, -0.2) is 13.9 Å². The van der Waals surface area contributed by atoms with E-state index in [4.69, 9.17) is 21.1 Å². The number of hydrogen-bond acceptors (Lipinski definition) is 5. The van der Waals surface area contributed by atoms with Gasteiger partial charge in [0.15, 0.2) is 28.5 Å². The van der Waals surface area contributed by atoms with Crippen LogP contribution in [0.15, 0.2) is 48.5 Å².